The molecule has 7 heteroatoms. The number of nitrogen functional groups attached to an aromatic ring is 1. The van der Waals surface area contributed by atoms with Crippen molar-refractivity contribution in [3.63, 3.8) is 0 Å². The predicted octanol–water partition coefficient (Wildman–Crippen LogP) is 5.01. The molecule has 0 spiro atoms. The van der Waals surface area contributed by atoms with E-state index in [1.54, 1.807) is 36.4 Å². The number of nitrogens with zero attached hydrogens (tertiary/aromatic N) is 1. The third kappa shape index (κ3) is 4.18. The van der Waals surface area contributed by atoms with E-state index in [1.807, 2.05) is 30.3 Å². The average Bonchev–Trinajstić information content (AvgIpc) is 3.05. The normalized spacial score (nSPS) is 12.2. The highest BCUT2D eigenvalue weighted by atomic mass is 32.2. The maximum absolute atomic E-state index is 13.5. The van der Waals surface area contributed by atoms with Crippen molar-refractivity contribution in [2.45, 2.75) is 11.3 Å². The number of rotatable bonds is 5. The van der Waals surface area contributed by atoms with Crippen molar-refractivity contribution >= 4 is 20.5 Å². The largest absolute Gasteiger partial charge is 0.268 e. The monoisotopic (exact) mass is 439 g/mol. The first-order valence-corrected chi connectivity index (χ1v) is 12.4. The van der Waals surface area contributed by atoms with Crippen LogP contribution in [-0.4, -0.2) is 19.7 Å². The minimum atomic E-state index is -3.29. The number of halogens is 1. The van der Waals surface area contributed by atoms with Gasteiger partial charge in [0.05, 0.1) is 22.0 Å². The fraction of sp³-hybridized carbons (Fsp3) is 0.0870. The van der Waals surface area contributed by atoms with Gasteiger partial charge >= 0.3 is 0 Å². The van der Waals surface area contributed by atoms with E-state index < -0.39 is 20.5 Å². The number of nitrogens with two attached hydrogens (primary N) is 1. The lowest BCUT2D eigenvalue weighted by Gasteiger charge is -2.02. The molecular formula is C23H20FN2O2S2+. The van der Waals surface area contributed by atoms with Gasteiger partial charge in [-0.25, -0.2) is 12.8 Å². The van der Waals surface area contributed by atoms with Gasteiger partial charge < -0.3 is 0 Å². The summed E-state index contributed by atoms with van der Waals surface area (Å²) in [5.74, 6) is -0.323. The predicted molar refractivity (Wildman–Crippen MR) is 120 cm³/mol. The molecule has 1 atom stereocenters. The third-order valence-corrected chi connectivity index (χ3v) is 7.53. The Bertz CT molecular complexity index is 1280. The van der Waals surface area contributed by atoms with Gasteiger partial charge in [0.2, 0.25) is 4.88 Å². The number of benzene rings is 3. The number of hydrogen-bond acceptors (Lipinski definition) is 4. The first-order valence-electron chi connectivity index (χ1n) is 9.24. The van der Waals surface area contributed by atoms with Gasteiger partial charge in [-0.05, 0) is 54.1 Å². The van der Waals surface area contributed by atoms with Gasteiger partial charge in [0.15, 0.2) is 9.84 Å². The molecule has 0 radical (unpaired) electrons. The minimum Gasteiger partial charge on any atom is -0.224 e. The van der Waals surface area contributed by atoms with Crippen molar-refractivity contribution in [2.24, 2.45) is 0 Å². The van der Waals surface area contributed by atoms with Crippen molar-refractivity contribution in [3.05, 3.63) is 95.3 Å². The van der Waals surface area contributed by atoms with Gasteiger partial charge in [0.25, 0.3) is 5.01 Å². The lowest BCUT2D eigenvalue weighted by atomic mass is 10.1. The topological polar surface area (TPSA) is 73.0 Å². The Kier molecular flexibility index (Phi) is 5.51. The molecule has 1 unspecified atom stereocenters. The zero-order valence-corrected chi connectivity index (χ0v) is 17.9. The lowest BCUT2D eigenvalue weighted by Crippen LogP contribution is -1.96. The van der Waals surface area contributed by atoms with E-state index >= 15 is 0 Å². The van der Waals surface area contributed by atoms with E-state index in [0.717, 1.165) is 26.6 Å². The van der Waals surface area contributed by atoms with Gasteiger partial charge in [0, 0.05) is 17.4 Å². The summed E-state index contributed by atoms with van der Waals surface area (Å²) in [4.78, 5) is 5.91. The summed E-state index contributed by atoms with van der Waals surface area (Å²) in [5.41, 5.74) is 3.37. The van der Waals surface area contributed by atoms with E-state index in [9.17, 15) is 12.8 Å². The molecule has 0 aliphatic heterocycles. The summed E-state index contributed by atoms with van der Waals surface area (Å²) in [7, 11) is -4.07. The Morgan fingerprint density at radius 1 is 0.900 bits per heavy atom. The molecule has 30 heavy (non-hydrogen) atoms. The van der Waals surface area contributed by atoms with Crippen LogP contribution in [0.25, 0.3) is 21.7 Å². The van der Waals surface area contributed by atoms with Gasteiger partial charge in [-0.2, -0.15) is 4.98 Å². The van der Waals surface area contributed by atoms with Gasteiger partial charge in [-0.15, -0.1) is 5.14 Å². The van der Waals surface area contributed by atoms with Crippen molar-refractivity contribution in [2.75, 3.05) is 11.4 Å². The molecule has 1 aromatic heterocycles. The Morgan fingerprint density at radius 2 is 1.50 bits per heavy atom. The molecule has 4 nitrogen and oxygen atoms in total. The Morgan fingerprint density at radius 3 is 2.10 bits per heavy atom. The molecule has 0 saturated carbocycles. The average molecular weight is 440 g/mol. The first kappa shape index (κ1) is 20.4. The molecule has 2 N–H and O–H groups in total. The number of sulfone groups is 1. The molecule has 0 fully saturated rings. The maximum Gasteiger partial charge on any atom is 0.268 e. The van der Waals surface area contributed by atoms with E-state index in [0.29, 0.717) is 12.1 Å². The highest BCUT2D eigenvalue weighted by Crippen LogP contribution is 2.42. The summed E-state index contributed by atoms with van der Waals surface area (Å²) >= 11 is 0. The molecule has 0 bridgehead atoms. The van der Waals surface area contributed by atoms with Crippen LogP contribution in [-0.2, 0) is 16.3 Å². The maximum atomic E-state index is 13.5. The summed E-state index contributed by atoms with van der Waals surface area (Å²) in [6.07, 6.45) is 1.78. The molecule has 0 aliphatic carbocycles. The van der Waals surface area contributed by atoms with Crippen LogP contribution in [0.4, 0.5) is 4.39 Å². The second kappa shape index (κ2) is 8.10. The van der Waals surface area contributed by atoms with Crippen LogP contribution in [0.3, 0.4) is 0 Å². The molecule has 0 saturated heterocycles. The summed E-state index contributed by atoms with van der Waals surface area (Å²) < 4.78 is 37.1. The molecule has 1 heterocycles. The van der Waals surface area contributed by atoms with Crippen molar-refractivity contribution < 1.29 is 12.8 Å². The minimum absolute atomic E-state index is 0.246. The van der Waals surface area contributed by atoms with Crippen LogP contribution in [0.1, 0.15) is 10.6 Å². The van der Waals surface area contributed by atoms with E-state index in [1.165, 1.54) is 18.4 Å². The molecule has 4 aromatic rings. The van der Waals surface area contributed by atoms with Crippen LogP contribution in [0.2, 0.25) is 0 Å². The van der Waals surface area contributed by atoms with Crippen LogP contribution in [0.15, 0.2) is 83.8 Å². The number of aromatic nitrogens is 1. The second-order valence-corrected chi connectivity index (χ2v) is 10.6. The number of thiazole rings is 1. The first-order chi connectivity index (χ1) is 14.3. The summed E-state index contributed by atoms with van der Waals surface area (Å²) in [6, 6.07) is 22.8. The number of hydrogen-bond donors (Lipinski definition) is 1. The van der Waals surface area contributed by atoms with Crippen molar-refractivity contribution in [1.82, 2.24) is 4.98 Å². The van der Waals surface area contributed by atoms with Crippen LogP contribution in [0.5, 0.6) is 0 Å². The zero-order valence-electron chi connectivity index (χ0n) is 16.2. The molecule has 3 aromatic carbocycles. The van der Waals surface area contributed by atoms with Gasteiger partial charge in [-0.3, -0.25) is 0 Å². The summed E-state index contributed by atoms with van der Waals surface area (Å²) in [5, 5.41) is 7.47. The quantitative estimate of drug-likeness (QED) is 0.444. The SMILES string of the molecule is CS(=O)(=O)c1ccc(-c2c(-c3ccc(F)cc3)nc(Cc3ccccc3)[s+]2N)cc1. The molecule has 4 rings (SSSR count). The van der Waals surface area contributed by atoms with Crippen LogP contribution in [0, 0.1) is 5.82 Å². The molecular weight excluding hydrogens is 419 g/mol. The zero-order chi connectivity index (χ0) is 21.3. The fourth-order valence-electron chi connectivity index (χ4n) is 3.25. The van der Waals surface area contributed by atoms with Crippen LogP contribution >= 0.6 is 10.7 Å². The third-order valence-electron chi connectivity index (χ3n) is 4.79. The Hall–Kier alpha value is -2.87. The highest BCUT2D eigenvalue weighted by Gasteiger charge is 2.29. The molecule has 0 amide bonds. The van der Waals surface area contributed by atoms with Crippen LogP contribution < -0.4 is 5.14 Å². The smallest absolute Gasteiger partial charge is 0.224 e. The summed E-state index contributed by atoms with van der Waals surface area (Å²) in [6.45, 7) is 0. The van der Waals surface area contributed by atoms with Crippen molar-refractivity contribution in [1.29, 1.82) is 0 Å². The van der Waals surface area contributed by atoms with Crippen molar-refractivity contribution in [3.8, 4) is 21.7 Å². The van der Waals surface area contributed by atoms with E-state index in [-0.39, 0.29) is 10.7 Å². The fourth-order valence-corrected chi connectivity index (χ4v) is 5.39. The highest BCUT2D eigenvalue weighted by molar-refractivity contribution is 7.90. The van der Waals surface area contributed by atoms with Gasteiger partial charge in [0.1, 0.15) is 11.5 Å². The van der Waals surface area contributed by atoms with Gasteiger partial charge in [-0.1, -0.05) is 30.3 Å². The molecule has 152 valence electrons. The molecule has 0 aliphatic rings. The lowest BCUT2D eigenvalue weighted by molar-refractivity contribution is 0.602. The Balaban J connectivity index is 1.85. The Labute approximate surface area is 177 Å². The standard InChI is InChI=1S/C23H20FN2O2S2/c1-30(27,28)20-13-9-18(10-14-20)23-22(17-7-11-19(24)12-8-17)26-21(29(23)25)15-16-5-3-2-4-6-16/h2-14H,15,25H2,1H3/q+1. The van der Waals surface area contributed by atoms with E-state index in [2.05, 4.69) is 0 Å². The van der Waals surface area contributed by atoms with E-state index in [4.69, 9.17) is 10.1 Å². The second-order valence-electron chi connectivity index (χ2n) is 6.99.